The van der Waals surface area contributed by atoms with E-state index in [1.54, 1.807) is 40.2 Å². The molecular weight excluding hydrogens is 815 g/mol. The number of methoxy groups -OCH3 is 2. The van der Waals surface area contributed by atoms with Gasteiger partial charge in [-0.3, -0.25) is 4.79 Å². The maximum absolute atomic E-state index is 14.4. The van der Waals surface area contributed by atoms with Crippen LogP contribution >= 0.6 is 0 Å². The molecule has 7 aliphatic rings. The van der Waals surface area contributed by atoms with E-state index in [0.29, 0.717) is 36.8 Å². The van der Waals surface area contributed by atoms with Crippen molar-refractivity contribution in [3.8, 4) is 0 Å². The molecule has 6 heterocycles. The average molecular weight is 886 g/mol. The van der Waals surface area contributed by atoms with Crippen LogP contribution in [-0.4, -0.2) is 139 Å². The average Bonchev–Trinajstić information content (AvgIpc) is 3.59. The monoisotopic (exact) mass is 885 g/mol. The van der Waals surface area contributed by atoms with E-state index in [-0.39, 0.29) is 42.6 Å². The van der Waals surface area contributed by atoms with Gasteiger partial charge in [0.1, 0.15) is 41.6 Å². The predicted octanol–water partition coefficient (Wildman–Crippen LogP) is 5.85. The number of hydrogen-bond donors (Lipinski definition) is 3. The van der Waals surface area contributed by atoms with E-state index in [2.05, 4.69) is 45.0 Å². The lowest BCUT2D eigenvalue weighted by Gasteiger charge is -2.48. The molecule has 15 heteroatoms. The molecule has 352 valence electrons. The number of oxime groups is 1. The number of rotatable bonds is 8. The Hall–Kier alpha value is -2.80. The molecule has 7 rings (SSSR count). The largest absolute Gasteiger partial charge is 0.462 e. The summed E-state index contributed by atoms with van der Waals surface area (Å²) in [6, 6.07) is 0. The first-order chi connectivity index (χ1) is 30.0. The van der Waals surface area contributed by atoms with Crippen LogP contribution in [0, 0.1) is 23.7 Å². The lowest BCUT2D eigenvalue weighted by atomic mass is 9.71. The highest BCUT2D eigenvalue weighted by molar-refractivity contribution is 6.06. The summed E-state index contributed by atoms with van der Waals surface area (Å²) in [7, 11) is 3.21. The molecule has 2 bridgehead atoms. The predicted molar refractivity (Wildman–Crippen MR) is 231 cm³/mol. The van der Waals surface area contributed by atoms with Crippen molar-refractivity contribution in [2.24, 2.45) is 28.8 Å². The third-order valence-corrected chi connectivity index (χ3v) is 14.5. The summed E-state index contributed by atoms with van der Waals surface area (Å²) in [5.41, 5.74) is 0.200. The summed E-state index contributed by atoms with van der Waals surface area (Å²) in [5.74, 6) is -2.66. The van der Waals surface area contributed by atoms with E-state index in [1.807, 2.05) is 32.1 Å². The van der Waals surface area contributed by atoms with Gasteiger partial charge in [-0.1, -0.05) is 75.7 Å². The topological polar surface area (TPSA) is 182 Å². The second kappa shape index (κ2) is 20.0. The standard InChI is InChI=1S/C48H71NO14/c1-11-25(2)43-28(5)17-18-47(63-43)23-34-20-33(62-47)16-15-27(4)42(60-39-22-37(55-10)44(31(8)58-39)61-38-21-36(54-9)41(50)30(7)57-38)26(3)13-12-14-32-24-56-45-40(49-53)29(6)19-35(46(51)59-34)48(32,45)52/h12-15,17-19,25-26,28,30-31,33-39,41-45,50,52-53H,11,16,20-24H2,1-10H3/b13-12+,27-15+,32-14+,49-40+. The van der Waals surface area contributed by atoms with Crippen molar-refractivity contribution in [3.63, 3.8) is 0 Å². The molecule has 3 N–H and O–H groups in total. The highest BCUT2D eigenvalue weighted by Crippen LogP contribution is 2.46. The number of carbonyl (C=O) groups excluding carboxylic acids is 1. The van der Waals surface area contributed by atoms with Gasteiger partial charge in [0.2, 0.25) is 0 Å². The van der Waals surface area contributed by atoms with Gasteiger partial charge in [0, 0.05) is 51.7 Å². The third-order valence-electron chi connectivity index (χ3n) is 14.5. The highest BCUT2D eigenvalue weighted by Gasteiger charge is 2.60. The first-order valence-electron chi connectivity index (χ1n) is 22.9. The summed E-state index contributed by atoms with van der Waals surface area (Å²) >= 11 is 0. The van der Waals surface area contributed by atoms with Crippen molar-refractivity contribution in [2.75, 3.05) is 20.8 Å². The first kappa shape index (κ1) is 48.1. The van der Waals surface area contributed by atoms with E-state index >= 15 is 0 Å². The number of fused-ring (bicyclic) bond motifs is 2. The molecule has 0 aromatic rings. The molecule has 1 spiro atoms. The Labute approximate surface area is 372 Å². The van der Waals surface area contributed by atoms with Crippen molar-refractivity contribution in [3.05, 3.63) is 59.3 Å². The Kier molecular flexibility index (Phi) is 15.3. The SMILES string of the molecule is CCC(C)C1OC2(C=CC1C)CC1CC(C/C=C(\C)C(OC3CC(OC)C(OC4CC(OC)C(O)C(C)O4)C(C)O3)C(C)/C=C/C=C3\COC4/C(=N/O)C(C)=CC(C(=O)O1)C34O)O2. The fourth-order valence-corrected chi connectivity index (χ4v) is 10.6. The molecule has 15 nitrogen and oxygen atoms in total. The molecule has 6 aliphatic heterocycles. The Morgan fingerprint density at radius 2 is 1.65 bits per heavy atom. The summed E-state index contributed by atoms with van der Waals surface area (Å²) in [4.78, 5) is 14.4. The summed E-state index contributed by atoms with van der Waals surface area (Å²) in [6.45, 7) is 16.0. The Balaban J connectivity index is 1.19. The lowest BCUT2D eigenvalue weighted by molar-refractivity contribution is -0.318. The second-order valence-corrected chi connectivity index (χ2v) is 18.9. The zero-order valence-corrected chi connectivity index (χ0v) is 38.6. The van der Waals surface area contributed by atoms with Crippen LogP contribution in [0.15, 0.2) is 64.4 Å². The molecule has 0 radical (unpaired) electrons. The zero-order chi connectivity index (χ0) is 45.4. The van der Waals surface area contributed by atoms with Crippen LogP contribution in [0.5, 0.6) is 0 Å². The molecular formula is C48H71NO14. The number of allylic oxidation sites excluding steroid dienone is 2. The Bertz CT molecular complexity index is 1810. The maximum atomic E-state index is 14.4. The maximum Gasteiger partial charge on any atom is 0.316 e. The lowest BCUT2D eigenvalue weighted by Crippen LogP contribution is -2.57. The van der Waals surface area contributed by atoms with Crippen LogP contribution in [0.4, 0.5) is 0 Å². The van der Waals surface area contributed by atoms with Crippen molar-refractivity contribution in [1.82, 2.24) is 0 Å². The molecule has 4 saturated heterocycles. The van der Waals surface area contributed by atoms with Crippen LogP contribution in [0.1, 0.15) is 93.9 Å². The van der Waals surface area contributed by atoms with Gasteiger partial charge in [-0.15, -0.1) is 0 Å². The van der Waals surface area contributed by atoms with Crippen LogP contribution in [0.25, 0.3) is 0 Å². The van der Waals surface area contributed by atoms with Gasteiger partial charge in [-0.2, -0.15) is 0 Å². The molecule has 63 heavy (non-hydrogen) atoms. The summed E-state index contributed by atoms with van der Waals surface area (Å²) < 4.78 is 63.8. The Morgan fingerprint density at radius 1 is 0.937 bits per heavy atom. The normalized spacial score (nSPS) is 48.0. The number of aliphatic hydroxyl groups is 2. The number of esters is 1. The quantitative estimate of drug-likeness (QED) is 0.114. The van der Waals surface area contributed by atoms with Gasteiger partial charge in [0.25, 0.3) is 0 Å². The van der Waals surface area contributed by atoms with Crippen LogP contribution in [-0.2, 0) is 52.2 Å². The van der Waals surface area contributed by atoms with Crippen molar-refractivity contribution < 1.29 is 67.6 Å². The van der Waals surface area contributed by atoms with E-state index < -0.39 is 96.9 Å². The third kappa shape index (κ3) is 9.85. The molecule has 0 saturated carbocycles. The highest BCUT2D eigenvalue weighted by atomic mass is 16.7. The van der Waals surface area contributed by atoms with Crippen LogP contribution in [0.2, 0.25) is 0 Å². The fraction of sp³-hybridized carbons (Fsp3) is 0.750. The Morgan fingerprint density at radius 3 is 2.37 bits per heavy atom. The molecule has 19 unspecified atom stereocenters. The number of nitrogens with zero attached hydrogens (tertiary/aromatic N) is 1. The van der Waals surface area contributed by atoms with Gasteiger partial charge >= 0.3 is 5.97 Å². The van der Waals surface area contributed by atoms with E-state index in [0.717, 1.165) is 12.0 Å². The van der Waals surface area contributed by atoms with Crippen molar-refractivity contribution in [1.29, 1.82) is 0 Å². The number of aliphatic hydroxyl groups excluding tert-OH is 1. The summed E-state index contributed by atoms with van der Waals surface area (Å²) in [5, 5.41) is 36.7. The first-order valence-corrected chi connectivity index (χ1v) is 22.9. The van der Waals surface area contributed by atoms with Gasteiger partial charge in [0.15, 0.2) is 18.4 Å². The van der Waals surface area contributed by atoms with E-state index in [1.165, 1.54) is 0 Å². The van der Waals surface area contributed by atoms with Gasteiger partial charge in [-0.05, 0) is 62.8 Å². The van der Waals surface area contributed by atoms with Gasteiger partial charge in [0.05, 0.1) is 49.3 Å². The number of carbonyl (C=O) groups is 1. The minimum atomic E-state index is -1.88. The number of hydrogen-bond acceptors (Lipinski definition) is 15. The molecule has 0 aromatic carbocycles. The van der Waals surface area contributed by atoms with Gasteiger partial charge in [-0.25, -0.2) is 0 Å². The minimum absolute atomic E-state index is 0.00586. The van der Waals surface area contributed by atoms with E-state index in [4.69, 9.17) is 47.4 Å². The van der Waals surface area contributed by atoms with Crippen LogP contribution < -0.4 is 0 Å². The van der Waals surface area contributed by atoms with Crippen LogP contribution in [0.3, 0.4) is 0 Å². The molecule has 1 aliphatic carbocycles. The molecule has 4 fully saturated rings. The van der Waals surface area contributed by atoms with Crippen molar-refractivity contribution in [2.45, 2.75) is 185 Å². The minimum Gasteiger partial charge on any atom is -0.462 e. The van der Waals surface area contributed by atoms with E-state index in [9.17, 15) is 20.2 Å². The second-order valence-electron chi connectivity index (χ2n) is 18.9. The molecule has 0 amide bonds. The van der Waals surface area contributed by atoms with Gasteiger partial charge < -0.3 is 62.8 Å². The number of ether oxygens (including phenoxy) is 10. The zero-order valence-electron chi connectivity index (χ0n) is 38.6. The summed E-state index contributed by atoms with van der Waals surface area (Å²) in [6.07, 6.45) is 9.39. The smallest absolute Gasteiger partial charge is 0.316 e. The molecule has 19 atom stereocenters. The van der Waals surface area contributed by atoms with Crippen molar-refractivity contribution >= 4 is 11.7 Å². The molecule has 0 aromatic heterocycles. The fourth-order valence-electron chi connectivity index (χ4n) is 10.6.